The normalized spacial score (nSPS) is 11.5. The Labute approximate surface area is 165 Å². The molecule has 0 saturated carbocycles. The number of pyridine rings is 1. The zero-order valence-electron chi connectivity index (χ0n) is 17.0. The van der Waals surface area contributed by atoms with Crippen molar-refractivity contribution in [3.8, 4) is 22.4 Å². The van der Waals surface area contributed by atoms with Crippen molar-refractivity contribution in [2.45, 2.75) is 46.7 Å². The number of nitrogens with zero attached hydrogens (tertiary/aromatic N) is 3. The Hall–Kier alpha value is -2.86. The highest BCUT2D eigenvalue weighted by atomic mass is 19.1. The minimum atomic E-state index is -0.290. The quantitative estimate of drug-likeness (QED) is 0.691. The second-order valence-electron chi connectivity index (χ2n) is 7.94. The fourth-order valence-electron chi connectivity index (χ4n) is 3.15. The van der Waals surface area contributed by atoms with Crippen LogP contribution in [-0.2, 0) is 6.54 Å². The third-order valence-electron chi connectivity index (χ3n) is 4.15. The number of aryl methyl sites for hydroxylation is 2. The van der Waals surface area contributed by atoms with E-state index in [1.807, 2.05) is 46.8 Å². The van der Waals surface area contributed by atoms with Crippen molar-refractivity contribution in [3.05, 3.63) is 59.3 Å². The van der Waals surface area contributed by atoms with E-state index in [1.165, 1.54) is 12.1 Å². The Balaban J connectivity index is 2.30. The van der Waals surface area contributed by atoms with Crippen molar-refractivity contribution in [2.24, 2.45) is 5.73 Å². The van der Waals surface area contributed by atoms with Gasteiger partial charge in [0.2, 0.25) is 5.95 Å². The summed E-state index contributed by atoms with van der Waals surface area (Å²) in [6, 6.07) is 10.3. The maximum Gasteiger partial charge on any atom is 0.223 e. The van der Waals surface area contributed by atoms with Crippen LogP contribution in [0.5, 0.6) is 0 Å². The molecule has 0 fully saturated rings. The molecule has 0 bridgehead atoms. The van der Waals surface area contributed by atoms with E-state index in [2.05, 4.69) is 15.3 Å². The lowest BCUT2D eigenvalue weighted by Crippen LogP contribution is -2.28. The lowest BCUT2D eigenvalue weighted by atomic mass is 9.97. The van der Waals surface area contributed by atoms with Crippen molar-refractivity contribution in [1.29, 1.82) is 0 Å². The minimum absolute atomic E-state index is 0.211. The molecule has 146 valence electrons. The lowest BCUT2D eigenvalue weighted by Gasteiger charge is -2.23. The first-order chi connectivity index (χ1) is 13.2. The van der Waals surface area contributed by atoms with Crippen LogP contribution in [0.15, 0.2) is 36.4 Å². The van der Waals surface area contributed by atoms with Crippen LogP contribution in [0, 0.1) is 19.7 Å². The lowest BCUT2D eigenvalue weighted by molar-refractivity contribution is 0.625. The third-order valence-corrected chi connectivity index (χ3v) is 4.15. The second kappa shape index (κ2) is 7.64. The minimum Gasteiger partial charge on any atom is -0.350 e. The molecule has 2 heterocycles. The first kappa shape index (κ1) is 19.9. The van der Waals surface area contributed by atoms with Crippen LogP contribution >= 0.6 is 0 Å². The predicted molar refractivity (Wildman–Crippen MR) is 111 cm³/mol. The first-order valence-corrected chi connectivity index (χ1v) is 9.27. The number of rotatable bonds is 4. The van der Waals surface area contributed by atoms with E-state index >= 15 is 0 Å². The number of halogens is 1. The molecule has 0 saturated heterocycles. The van der Waals surface area contributed by atoms with Crippen molar-refractivity contribution < 1.29 is 4.39 Å². The number of nitrogens with two attached hydrogens (primary N) is 1. The third kappa shape index (κ3) is 4.51. The van der Waals surface area contributed by atoms with E-state index in [0.717, 1.165) is 33.8 Å². The molecule has 1 aromatic carbocycles. The Morgan fingerprint density at radius 1 is 0.929 bits per heavy atom. The number of benzene rings is 1. The summed E-state index contributed by atoms with van der Waals surface area (Å²) in [5.41, 5.74) is 11.7. The zero-order valence-corrected chi connectivity index (χ0v) is 17.0. The van der Waals surface area contributed by atoms with Crippen LogP contribution in [0.2, 0.25) is 0 Å². The number of aromatic nitrogens is 3. The highest BCUT2D eigenvalue weighted by Crippen LogP contribution is 2.35. The predicted octanol–water partition coefficient (Wildman–Crippen LogP) is 4.63. The topological polar surface area (TPSA) is 76.7 Å². The van der Waals surface area contributed by atoms with Gasteiger partial charge >= 0.3 is 0 Å². The molecule has 0 aliphatic heterocycles. The standard InChI is InChI=1S/C22H26FN5/c1-13-10-16(11-14(2)25-13)19-18(12-24)26-21(28-22(3,4)5)27-20(19)15-6-8-17(23)9-7-15/h6-11H,12,24H2,1-5H3,(H,26,27,28). The van der Waals surface area contributed by atoms with Crippen molar-refractivity contribution >= 4 is 5.95 Å². The maximum atomic E-state index is 13.5. The van der Waals surface area contributed by atoms with Gasteiger partial charge in [-0.15, -0.1) is 0 Å². The largest absolute Gasteiger partial charge is 0.350 e. The van der Waals surface area contributed by atoms with Crippen molar-refractivity contribution in [2.75, 3.05) is 5.32 Å². The average molecular weight is 379 g/mol. The Morgan fingerprint density at radius 3 is 2.07 bits per heavy atom. The monoisotopic (exact) mass is 379 g/mol. The molecule has 0 amide bonds. The van der Waals surface area contributed by atoms with Crippen LogP contribution < -0.4 is 11.1 Å². The molecule has 0 aliphatic carbocycles. The molecule has 0 aliphatic rings. The fraction of sp³-hybridized carbons (Fsp3) is 0.318. The van der Waals surface area contributed by atoms with Crippen LogP contribution in [-0.4, -0.2) is 20.5 Å². The van der Waals surface area contributed by atoms with E-state index in [4.69, 9.17) is 10.7 Å². The summed E-state index contributed by atoms with van der Waals surface area (Å²) in [5.74, 6) is 0.209. The van der Waals surface area contributed by atoms with Gasteiger partial charge in [-0.3, -0.25) is 4.98 Å². The molecular formula is C22H26FN5. The van der Waals surface area contributed by atoms with Crippen LogP contribution in [0.4, 0.5) is 10.3 Å². The highest BCUT2D eigenvalue weighted by Gasteiger charge is 2.20. The van der Waals surface area contributed by atoms with Crippen molar-refractivity contribution in [3.63, 3.8) is 0 Å². The SMILES string of the molecule is Cc1cc(-c2c(CN)nc(NC(C)(C)C)nc2-c2ccc(F)cc2)cc(C)n1. The Morgan fingerprint density at radius 2 is 1.54 bits per heavy atom. The summed E-state index contributed by atoms with van der Waals surface area (Å²) in [7, 11) is 0. The summed E-state index contributed by atoms with van der Waals surface area (Å²) in [6.45, 7) is 10.3. The molecule has 3 rings (SSSR count). The molecule has 0 atom stereocenters. The number of anilines is 1. The molecule has 3 aromatic rings. The summed E-state index contributed by atoms with van der Waals surface area (Å²) >= 11 is 0. The van der Waals surface area contributed by atoms with E-state index in [9.17, 15) is 4.39 Å². The molecule has 2 aromatic heterocycles. The van der Waals surface area contributed by atoms with Gasteiger partial charge in [0.1, 0.15) is 5.82 Å². The van der Waals surface area contributed by atoms with Gasteiger partial charge in [-0.05, 0) is 76.6 Å². The maximum absolute atomic E-state index is 13.5. The van der Waals surface area contributed by atoms with Gasteiger partial charge < -0.3 is 11.1 Å². The molecular weight excluding hydrogens is 353 g/mol. The van der Waals surface area contributed by atoms with E-state index in [1.54, 1.807) is 12.1 Å². The summed E-state index contributed by atoms with van der Waals surface area (Å²) in [5, 5.41) is 3.31. The molecule has 3 N–H and O–H groups in total. The fourth-order valence-corrected chi connectivity index (χ4v) is 3.15. The molecule has 0 radical (unpaired) electrons. The van der Waals surface area contributed by atoms with E-state index in [-0.39, 0.29) is 17.9 Å². The van der Waals surface area contributed by atoms with Gasteiger partial charge in [-0.1, -0.05) is 0 Å². The number of hydrogen-bond acceptors (Lipinski definition) is 5. The summed E-state index contributed by atoms with van der Waals surface area (Å²) < 4.78 is 13.5. The smallest absolute Gasteiger partial charge is 0.223 e. The molecule has 0 spiro atoms. The van der Waals surface area contributed by atoms with E-state index in [0.29, 0.717) is 11.6 Å². The average Bonchev–Trinajstić information content (AvgIpc) is 2.59. The van der Waals surface area contributed by atoms with Crippen LogP contribution in [0.3, 0.4) is 0 Å². The van der Waals surface area contributed by atoms with Gasteiger partial charge in [0.15, 0.2) is 0 Å². The van der Waals surface area contributed by atoms with E-state index < -0.39 is 0 Å². The van der Waals surface area contributed by atoms with Gasteiger partial charge in [0.05, 0.1) is 11.4 Å². The van der Waals surface area contributed by atoms with Gasteiger partial charge in [-0.2, -0.15) is 0 Å². The van der Waals surface area contributed by atoms with Crippen LogP contribution in [0.1, 0.15) is 37.9 Å². The Bertz CT molecular complexity index is 971. The van der Waals surface area contributed by atoms with Crippen LogP contribution in [0.25, 0.3) is 22.4 Å². The highest BCUT2D eigenvalue weighted by molar-refractivity contribution is 5.83. The number of hydrogen-bond donors (Lipinski definition) is 2. The molecule has 0 unspecified atom stereocenters. The Kier molecular flexibility index (Phi) is 5.42. The van der Waals surface area contributed by atoms with Gasteiger partial charge in [0, 0.05) is 34.6 Å². The zero-order chi connectivity index (χ0) is 20.5. The summed E-state index contributed by atoms with van der Waals surface area (Å²) in [4.78, 5) is 13.9. The summed E-state index contributed by atoms with van der Waals surface area (Å²) in [6.07, 6.45) is 0. The first-order valence-electron chi connectivity index (χ1n) is 9.27. The number of nitrogens with one attached hydrogen (secondary N) is 1. The van der Waals surface area contributed by atoms with Gasteiger partial charge in [-0.25, -0.2) is 14.4 Å². The second-order valence-corrected chi connectivity index (χ2v) is 7.94. The van der Waals surface area contributed by atoms with Gasteiger partial charge in [0.25, 0.3) is 0 Å². The molecule has 28 heavy (non-hydrogen) atoms. The molecule has 5 nitrogen and oxygen atoms in total. The molecule has 6 heteroatoms. The van der Waals surface area contributed by atoms with Crippen molar-refractivity contribution in [1.82, 2.24) is 15.0 Å².